The summed E-state index contributed by atoms with van der Waals surface area (Å²) in [5.74, 6) is 0.0851. The summed E-state index contributed by atoms with van der Waals surface area (Å²) in [6.07, 6.45) is 2.32. The Morgan fingerprint density at radius 2 is 1.95 bits per heavy atom. The number of sulfone groups is 1. The molecule has 1 saturated carbocycles. The van der Waals surface area contributed by atoms with Crippen molar-refractivity contribution in [3.8, 4) is 0 Å². The summed E-state index contributed by atoms with van der Waals surface area (Å²) < 4.78 is 37.0. The maximum atomic E-state index is 14.0. The van der Waals surface area contributed by atoms with Crippen molar-refractivity contribution in [3.63, 3.8) is 0 Å². The predicted molar refractivity (Wildman–Crippen MR) is 77.1 cm³/mol. The molecule has 1 aromatic carbocycles. The average Bonchev–Trinajstić information content (AvgIpc) is 3.21. The van der Waals surface area contributed by atoms with E-state index in [2.05, 4.69) is 5.32 Å². The molecule has 1 aliphatic heterocycles. The molecule has 0 unspecified atom stereocenters. The van der Waals surface area contributed by atoms with Gasteiger partial charge in [0.05, 0.1) is 11.5 Å². The number of hydrogen-bond donors (Lipinski definition) is 1. The van der Waals surface area contributed by atoms with Gasteiger partial charge >= 0.3 is 0 Å². The molecule has 1 saturated heterocycles. The van der Waals surface area contributed by atoms with Crippen molar-refractivity contribution in [2.24, 2.45) is 0 Å². The smallest absolute Gasteiger partial charge is 0.153 e. The number of nitrogens with zero attached hydrogens (tertiary/aromatic N) is 1. The van der Waals surface area contributed by atoms with Gasteiger partial charge in [0.2, 0.25) is 0 Å². The number of anilines is 1. The SMILES string of the molecule is O=S1(=O)CCN(c2cccc(F)c2CNC2CC2)CC1. The summed E-state index contributed by atoms with van der Waals surface area (Å²) in [6, 6.07) is 5.55. The lowest BCUT2D eigenvalue weighted by Crippen LogP contribution is -2.41. The van der Waals surface area contributed by atoms with Crippen LogP contribution in [-0.4, -0.2) is 39.1 Å². The first-order valence-electron chi connectivity index (χ1n) is 7.01. The highest BCUT2D eigenvalue weighted by atomic mass is 32.2. The van der Waals surface area contributed by atoms with E-state index in [0.717, 1.165) is 18.5 Å². The van der Waals surface area contributed by atoms with Crippen LogP contribution in [0.15, 0.2) is 18.2 Å². The molecule has 1 aliphatic carbocycles. The fourth-order valence-electron chi connectivity index (χ4n) is 2.51. The van der Waals surface area contributed by atoms with Gasteiger partial charge in [-0.3, -0.25) is 0 Å². The van der Waals surface area contributed by atoms with Crippen LogP contribution < -0.4 is 10.2 Å². The Balaban J connectivity index is 1.79. The van der Waals surface area contributed by atoms with Gasteiger partial charge in [-0.2, -0.15) is 0 Å². The molecule has 2 fully saturated rings. The lowest BCUT2D eigenvalue weighted by atomic mass is 10.1. The average molecular weight is 298 g/mol. The van der Waals surface area contributed by atoms with Gasteiger partial charge in [-0.15, -0.1) is 0 Å². The van der Waals surface area contributed by atoms with Crippen molar-refractivity contribution in [1.29, 1.82) is 0 Å². The summed E-state index contributed by atoms with van der Waals surface area (Å²) in [5, 5.41) is 3.32. The first kappa shape index (κ1) is 13.8. The molecule has 1 aromatic rings. The van der Waals surface area contributed by atoms with Gasteiger partial charge in [0.25, 0.3) is 0 Å². The zero-order chi connectivity index (χ0) is 14.2. The Labute approximate surface area is 118 Å². The normalized spacial score (nSPS) is 21.9. The van der Waals surface area contributed by atoms with E-state index in [9.17, 15) is 12.8 Å². The van der Waals surface area contributed by atoms with E-state index in [4.69, 9.17) is 0 Å². The number of hydrogen-bond acceptors (Lipinski definition) is 4. The third-order valence-corrected chi connectivity index (χ3v) is 5.53. The first-order valence-corrected chi connectivity index (χ1v) is 8.83. The molecule has 0 spiro atoms. The number of rotatable bonds is 4. The van der Waals surface area contributed by atoms with Crippen LogP contribution in [0.2, 0.25) is 0 Å². The van der Waals surface area contributed by atoms with Crippen LogP contribution in [0.25, 0.3) is 0 Å². The Hall–Kier alpha value is -1.14. The highest BCUT2D eigenvalue weighted by molar-refractivity contribution is 7.91. The maximum Gasteiger partial charge on any atom is 0.153 e. The fourth-order valence-corrected chi connectivity index (χ4v) is 3.71. The van der Waals surface area contributed by atoms with Crippen molar-refractivity contribution < 1.29 is 12.8 Å². The summed E-state index contributed by atoms with van der Waals surface area (Å²) >= 11 is 0. The van der Waals surface area contributed by atoms with E-state index < -0.39 is 9.84 Å². The van der Waals surface area contributed by atoms with Crippen LogP contribution in [0.1, 0.15) is 18.4 Å². The van der Waals surface area contributed by atoms with Gasteiger partial charge in [0.15, 0.2) is 9.84 Å². The second kappa shape index (κ2) is 5.33. The molecule has 0 atom stereocenters. The van der Waals surface area contributed by atoms with Crippen LogP contribution in [0.4, 0.5) is 10.1 Å². The lowest BCUT2D eigenvalue weighted by molar-refractivity contribution is 0.579. The zero-order valence-electron chi connectivity index (χ0n) is 11.3. The molecule has 6 heteroatoms. The van der Waals surface area contributed by atoms with Crippen molar-refractivity contribution in [3.05, 3.63) is 29.6 Å². The molecule has 1 N–H and O–H groups in total. The van der Waals surface area contributed by atoms with E-state index in [1.54, 1.807) is 6.07 Å². The second-order valence-electron chi connectivity index (χ2n) is 5.53. The molecule has 4 nitrogen and oxygen atoms in total. The number of halogens is 1. The van der Waals surface area contributed by atoms with E-state index in [0.29, 0.717) is 31.2 Å². The predicted octanol–water partition coefficient (Wildman–Crippen LogP) is 1.31. The fraction of sp³-hybridized carbons (Fsp3) is 0.571. The van der Waals surface area contributed by atoms with Crippen molar-refractivity contribution in [2.45, 2.75) is 25.4 Å². The largest absolute Gasteiger partial charge is 0.369 e. The lowest BCUT2D eigenvalue weighted by Gasteiger charge is -2.30. The summed E-state index contributed by atoms with van der Waals surface area (Å²) in [4.78, 5) is 1.98. The van der Waals surface area contributed by atoms with E-state index in [-0.39, 0.29) is 17.3 Å². The molecule has 0 aromatic heterocycles. The molecular weight excluding hydrogens is 279 g/mol. The quantitative estimate of drug-likeness (QED) is 0.910. The van der Waals surface area contributed by atoms with Crippen LogP contribution in [-0.2, 0) is 16.4 Å². The second-order valence-corrected chi connectivity index (χ2v) is 7.84. The maximum absolute atomic E-state index is 14.0. The minimum absolute atomic E-state index is 0.152. The van der Waals surface area contributed by atoms with Crippen LogP contribution >= 0.6 is 0 Å². The standard InChI is InChI=1S/C14H19FN2O2S/c15-13-2-1-3-14(12(13)10-16-11-4-5-11)17-6-8-20(18,19)9-7-17/h1-3,11,16H,4-10H2. The van der Waals surface area contributed by atoms with E-state index in [1.807, 2.05) is 11.0 Å². The Bertz CT molecular complexity index is 585. The number of benzene rings is 1. The zero-order valence-corrected chi connectivity index (χ0v) is 12.1. The Morgan fingerprint density at radius 1 is 1.25 bits per heavy atom. The molecular formula is C14H19FN2O2S. The molecule has 0 radical (unpaired) electrons. The van der Waals surface area contributed by atoms with E-state index >= 15 is 0 Å². The minimum Gasteiger partial charge on any atom is -0.369 e. The van der Waals surface area contributed by atoms with Crippen molar-refractivity contribution in [2.75, 3.05) is 29.5 Å². The molecule has 1 heterocycles. The number of nitrogens with one attached hydrogen (secondary N) is 1. The summed E-state index contributed by atoms with van der Waals surface area (Å²) in [7, 11) is -2.91. The third-order valence-electron chi connectivity index (χ3n) is 3.92. The van der Waals surface area contributed by atoms with Gasteiger partial charge in [0.1, 0.15) is 5.82 Å². The van der Waals surface area contributed by atoms with Crippen LogP contribution in [0.3, 0.4) is 0 Å². The van der Waals surface area contributed by atoms with Gasteiger partial charge in [-0.1, -0.05) is 6.07 Å². The van der Waals surface area contributed by atoms with Gasteiger partial charge in [-0.25, -0.2) is 12.8 Å². The van der Waals surface area contributed by atoms with Crippen molar-refractivity contribution in [1.82, 2.24) is 5.32 Å². The molecule has 20 heavy (non-hydrogen) atoms. The molecule has 0 bridgehead atoms. The van der Waals surface area contributed by atoms with Gasteiger partial charge in [0, 0.05) is 36.9 Å². The first-order chi connectivity index (χ1) is 9.55. The van der Waals surface area contributed by atoms with Crippen LogP contribution in [0.5, 0.6) is 0 Å². The highest BCUT2D eigenvalue weighted by Crippen LogP contribution is 2.26. The van der Waals surface area contributed by atoms with Crippen molar-refractivity contribution >= 4 is 15.5 Å². The summed E-state index contributed by atoms with van der Waals surface area (Å²) in [6.45, 7) is 1.40. The molecule has 0 amide bonds. The summed E-state index contributed by atoms with van der Waals surface area (Å²) in [5.41, 5.74) is 1.48. The van der Waals surface area contributed by atoms with Gasteiger partial charge < -0.3 is 10.2 Å². The highest BCUT2D eigenvalue weighted by Gasteiger charge is 2.25. The van der Waals surface area contributed by atoms with Crippen LogP contribution in [0, 0.1) is 5.82 Å². The van der Waals surface area contributed by atoms with E-state index in [1.165, 1.54) is 6.07 Å². The Morgan fingerprint density at radius 3 is 2.60 bits per heavy atom. The topological polar surface area (TPSA) is 49.4 Å². The minimum atomic E-state index is -2.91. The monoisotopic (exact) mass is 298 g/mol. The third kappa shape index (κ3) is 3.12. The molecule has 110 valence electrons. The van der Waals surface area contributed by atoms with Gasteiger partial charge in [-0.05, 0) is 25.0 Å². The molecule has 3 rings (SSSR count). The molecule has 2 aliphatic rings. The Kier molecular flexibility index (Phi) is 3.69.